The zero-order valence-electron chi connectivity index (χ0n) is 13.3. The number of cyclic esters (lactones) is 1. The standard InChI is InChI=1S/C20H11ClFNO3/c21-13-7-5-12(6-8-13)18-10-9-14(25-18)11-17-20(24)26-19(23-17)15-3-1-2-4-16(15)22/h1-11H/b17-11-. The highest BCUT2D eigenvalue weighted by molar-refractivity contribution is 6.30. The average molecular weight is 368 g/mol. The summed E-state index contributed by atoms with van der Waals surface area (Å²) in [4.78, 5) is 16.1. The van der Waals surface area contributed by atoms with Crippen molar-refractivity contribution >= 4 is 29.5 Å². The maximum Gasteiger partial charge on any atom is 0.363 e. The molecule has 4 rings (SSSR count). The maximum absolute atomic E-state index is 13.8. The van der Waals surface area contributed by atoms with Gasteiger partial charge >= 0.3 is 5.97 Å². The number of ether oxygens (including phenoxy) is 1. The number of halogens is 2. The smallest absolute Gasteiger partial charge is 0.363 e. The van der Waals surface area contributed by atoms with E-state index >= 15 is 0 Å². The van der Waals surface area contributed by atoms with Crippen LogP contribution in [0.4, 0.5) is 4.39 Å². The van der Waals surface area contributed by atoms with Crippen LogP contribution in [0, 0.1) is 5.82 Å². The molecule has 4 nitrogen and oxygen atoms in total. The van der Waals surface area contributed by atoms with E-state index in [0.717, 1.165) is 5.56 Å². The molecule has 0 N–H and O–H groups in total. The van der Waals surface area contributed by atoms with Gasteiger partial charge in [-0.3, -0.25) is 0 Å². The summed E-state index contributed by atoms with van der Waals surface area (Å²) >= 11 is 5.88. The Morgan fingerprint density at radius 3 is 2.54 bits per heavy atom. The second-order valence-corrected chi connectivity index (χ2v) is 5.96. The largest absolute Gasteiger partial charge is 0.457 e. The molecule has 1 aliphatic heterocycles. The molecule has 0 bridgehead atoms. The van der Waals surface area contributed by atoms with E-state index in [-0.39, 0.29) is 17.2 Å². The SMILES string of the molecule is O=C1OC(c2ccccc2F)=N/C1=C\c1ccc(-c2ccc(Cl)cc2)o1. The van der Waals surface area contributed by atoms with Crippen molar-refractivity contribution in [2.75, 3.05) is 0 Å². The van der Waals surface area contributed by atoms with Crippen molar-refractivity contribution < 1.29 is 18.3 Å². The Morgan fingerprint density at radius 1 is 1.00 bits per heavy atom. The van der Waals surface area contributed by atoms with Crippen molar-refractivity contribution in [2.24, 2.45) is 4.99 Å². The fourth-order valence-electron chi connectivity index (χ4n) is 2.49. The molecule has 0 saturated heterocycles. The first kappa shape index (κ1) is 16.3. The summed E-state index contributed by atoms with van der Waals surface area (Å²) in [6.45, 7) is 0. The summed E-state index contributed by atoms with van der Waals surface area (Å²) in [5, 5.41) is 0.631. The van der Waals surface area contributed by atoms with E-state index in [1.54, 1.807) is 36.4 Å². The van der Waals surface area contributed by atoms with Crippen LogP contribution in [0.25, 0.3) is 17.4 Å². The highest BCUT2D eigenvalue weighted by Gasteiger charge is 2.26. The number of benzene rings is 2. The lowest BCUT2D eigenvalue weighted by molar-refractivity contribution is -0.129. The van der Waals surface area contributed by atoms with Crippen molar-refractivity contribution in [3.05, 3.63) is 88.5 Å². The van der Waals surface area contributed by atoms with Crippen molar-refractivity contribution in [1.82, 2.24) is 0 Å². The molecular formula is C20H11ClFNO3. The number of furan rings is 1. The molecule has 0 fully saturated rings. The average Bonchev–Trinajstić information content (AvgIpc) is 3.24. The molecule has 0 radical (unpaired) electrons. The van der Waals surface area contributed by atoms with Crippen molar-refractivity contribution in [3.63, 3.8) is 0 Å². The first-order valence-corrected chi connectivity index (χ1v) is 8.11. The molecule has 1 aromatic heterocycles. The van der Waals surface area contributed by atoms with Crippen LogP contribution < -0.4 is 0 Å². The molecule has 3 aromatic rings. The molecule has 26 heavy (non-hydrogen) atoms. The highest BCUT2D eigenvalue weighted by atomic mass is 35.5. The number of rotatable bonds is 3. The van der Waals surface area contributed by atoms with E-state index in [1.807, 2.05) is 12.1 Å². The molecule has 0 spiro atoms. The number of carbonyl (C=O) groups is 1. The van der Waals surface area contributed by atoms with Crippen LogP contribution in [0.15, 0.2) is 75.8 Å². The second-order valence-electron chi connectivity index (χ2n) is 5.52. The van der Waals surface area contributed by atoms with Crippen LogP contribution >= 0.6 is 11.6 Å². The summed E-state index contributed by atoms with van der Waals surface area (Å²) in [5.41, 5.74) is 1.02. The fourth-order valence-corrected chi connectivity index (χ4v) is 2.62. The lowest BCUT2D eigenvalue weighted by Gasteiger charge is -1.99. The molecule has 2 heterocycles. The summed E-state index contributed by atoms with van der Waals surface area (Å²) in [7, 11) is 0. The predicted molar refractivity (Wildman–Crippen MR) is 96.2 cm³/mol. The lowest BCUT2D eigenvalue weighted by atomic mass is 10.2. The van der Waals surface area contributed by atoms with Crippen molar-refractivity contribution in [2.45, 2.75) is 0 Å². The van der Waals surface area contributed by atoms with Crippen LogP contribution in [-0.4, -0.2) is 11.9 Å². The van der Waals surface area contributed by atoms with Crippen LogP contribution in [0.2, 0.25) is 5.02 Å². The van der Waals surface area contributed by atoms with Gasteiger partial charge in [-0.15, -0.1) is 0 Å². The number of esters is 1. The molecule has 6 heteroatoms. The third kappa shape index (κ3) is 3.17. The maximum atomic E-state index is 13.8. The Bertz CT molecular complexity index is 1050. The number of carbonyl (C=O) groups excluding carboxylic acids is 1. The van der Waals surface area contributed by atoms with Crippen molar-refractivity contribution in [1.29, 1.82) is 0 Å². The fraction of sp³-hybridized carbons (Fsp3) is 0. The number of aliphatic imine (C=N–C) groups is 1. The number of nitrogens with zero attached hydrogens (tertiary/aromatic N) is 1. The van der Waals surface area contributed by atoms with E-state index in [9.17, 15) is 9.18 Å². The molecule has 1 aliphatic rings. The van der Waals surface area contributed by atoms with E-state index in [2.05, 4.69) is 4.99 Å². The number of hydrogen-bond donors (Lipinski definition) is 0. The van der Waals surface area contributed by atoms with Gasteiger partial charge in [-0.05, 0) is 48.5 Å². The molecule has 2 aromatic carbocycles. The summed E-state index contributed by atoms with van der Waals surface area (Å²) in [6.07, 6.45) is 1.45. The van der Waals surface area contributed by atoms with Gasteiger partial charge in [-0.1, -0.05) is 23.7 Å². The van der Waals surface area contributed by atoms with Gasteiger partial charge in [-0.25, -0.2) is 14.2 Å². The van der Waals surface area contributed by atoms with E-state index < -0.39 is 11.8 Å². The van der Waals surface area contributed by atoms with Crippen LogP contribution in [0.1, 0.15) is 11.3 Å². The van der Waals surface area contributed by atoms with E-state index in [0.29, 0.717) is 16.5 Å². The van der Waals surface area contributed by atoms with Gasteiger partial charge < -0.3 is 9.15 Å². The lowest BCUT2D eigenvalue weighted by Crippen LogP contribution is -2.07. The van der Waals surface area contributed by atoms with Crippen LogP contribution in [0.5, 0.6) is 0 Å². The molecule has 0 saturated carbocycles. The first-order valence-electron chi connectivity index (χ1n) is 7.73. The van der Waals surface area contributed by atoms with Gasteiger partial charge in [0.15, 0.2) is 5.70 Å². The third-order valence-electron chi connectivity index (χ3n) is 3.76. The Kier molecular flexibility index (Phi) is 4.14. The Labute approximate surface area is 153 Å². The highest BCUT2D eigenvalue weighted by Crippen LogP contribution is 2.26. The zero-order valence-corrected chi connectivity index (χ0v) is 14.0. The van der Waals surface area contributed by atoms with Crippen molar-refractivity contribution in [3.8, 4) is 11.3 Å². The molecule has 0 amide bonds. The Hall–Kier alpha value is -3.18. The van der Waals surface area contributed by atoms with Gasteiger partial charge in [0.05, 0.1) is 5.56 Å². The molecule has 128 valence electrons. The van der Waals surface area contributed by atoms with Gasteiger partial charge in [0, 0.05) is 16.7 Å². The minimum Gasteiger partial charge on any atom is -0.457 e. The normalized spacial score (nSPS) is 15.2. The minimum absolute atomic E-state index is 0.0419. The van der Waals surface area contributed by atoms with Gasteiger partial charge in [0.1, 0.15) is 17.3 Å². The topological polar surface area (TPSA) is 51.8 Å². The summed E-state index contributed by atoms with van der Waals surface area (Å²) in [6, 6.07) is 16.6. The van der Waals surface area contributed by atoms with E-state index in [4.69, 9.17) is 20.8 Å². The Morgan fingerprint density at radius 2 is 1.77 bits per heavy atom. The van der Waals surface area contributed by atoms with E-state index in [1.165, 1.54) is 18.2 Å². The molecule has 0 unspecified atom stereocenters. The molecular weight excluding hydrogens is 357 g/mol. The van der Waals surface area contributed by atoms with Crippen LogP contribution in [-0.2, 0) is 9.53 Å². The summed E-state index contributed by atoms with van der Waals surface area (Å²) < 4.78 is 24.6. The van der Waals surface area contributed by atoms with Gasteiger partial charge in [0.2, 0.25) is 5.90 Å². The third-order valence-corrected chi connectivity index (χ3v) is 4.01. The molecule has 0 atom stereocenters. The zero-order chi connectivity index (χ0) is 18.1. The quantitative estimate of drug-likeness (QED) is 0.479. The first-order chi connectivity index (χ1) is 12.6. The minimum atomic E-state index is -0.660. The monoisotopic (exact) mass is 367 g/mol. The summed E-state index contributed by atoms with van der Waals surface area (Å²) in [5.74, 6) is -0.182. The number of hydrogen-bond acceptors (Lipinski definition) is 4. The molecule has 0 aliphatic carbocycles. The Balaban J connectivity index is 1.63. The van der Waals surface area contributed by atoms with Gasteiger partial charge in [-0.2, -0.15) is 0 Å². The predicted octanol–water partition coefficient (Wildman–Crippen LogP) is 5.08. The van der Waals surface area contributed by atoms with Crippen LogP contribution in [0.3, 0.4) is 0 Å². The second kappa shape index (κ2) is 6.61. The van der Waals surface area contributed by atoms with Gasteiger partial charge in [0.25, 0.3) is 0 Å².